The van der Waals surface area contributed by atoms with Gasteiger partial charge >= 0.3 is 0 Å². The predicted molar refractivity (Wildman–Crippen MR) is 118 cm³/mol. The van der Waals surface area contributed by atoms with Crippen LogP contribution in [0.3, 0.4) is 0 Å². The molecule has 0 aliphatic carbocycles. The Balaban J connectivity index is 1.83. The van der Waals surface area contributed by atoms with Gasteiger partial charge in [0.05, 0.1) is 16.6 Å². The summed E-state index contributed by atoms with van der Waals surface area (Å²) in [6.07, 6.45) is 6.88. The Hall–Kier alpha value is -1.28. The van der Waals surface area contributed by atoms with Crippen molar-refractivity contribution in [3.8, 4) is 0 Å². The molecule has 3 saturated heterocycles. The number of aliphatic hydroxyl groups excluding tert-OH is 1. The molecule has 0 aromatic carbocycles. The zero-order valence-corrected chi connectivity index (χ0v) is 19.1. The fourth-order valence-corrected chi connectivity index (χ4v) is 7.66. The van der Waals surface area contributed by atoms with Crippen molar-refractivity contribution in [3.05, 3.63) is 0 Å². The van der Waals surface area contributed by atoms with Gasteiger partial charge in [-0.1, -0.05) is 26.7 Å². The molecule has 5 atom stereocenters. The Morgan fingerprint density at radius 2 is 1.87 bits per heavy atom. The highest BCUT2D eigenvalue weighted by Crippen LogP contribution is 2.66. The first-order valence-corrected chi connectivity index (χ1v) is 12.5. The molecule has 170 valence electrons. The third-order valence-electron chi connectivity index (χ3n) is 6.79. The number of nitrogens with one attached hydrogen (secondary N) is 2. The van der Waals surface area contributed by atoms with Crippen molar-refractivity contribution in [2.75, 3.05) is 26.2 Å². The van der Waals surface area contributed by atoms with Crippen molar-refractivity contribution in [2.45, 2.75) is 81.3 Å². The number of amides is 3. The van der Waals surface area contributed by atoms with E-state index in [0.29, 0.717) is 32.5 Å². The van der Waals surface area contributed by atoms with E-state index in [4.69, 9.17) is 0 Å². The molecule has 3 aliphatic heterocycles. The molecule has 3 aliphatic rings. The highest BCUT2D eigenvalue weighted by Gasteiger charge is 2.73. The van der Waals surface area contributed by atoms with Crippen molar-refractivity contribution >= 4 is 29.5 Å². The molecule has 3 N–H and O–H groups in total. The van der Waals surface area contributed by atoms with E-state index in [9.17, 15) is 19.5 Å². The third-order valence-corrected chi connectivity index (χ3v) is 8.74. The number of carbonyl (C=O) groups excluding carboxylic acids is 3. The predicted octanol–water partition coefficient (Wildman–Crippen LogP) is 1.68. The van der Waals surface area contributed by atoms with Gasteiger partial charge in [-0.3, -0.25) is 14.4 Å². The number of aliphatic hydroxyl groups is 1. The Morgan fingerprint density at radius 3 is 2.57 bits per heavy atom. The highest BCUT2D eigenvalue weighted by molar-refractivity contribution is 8.02. The SMILES string of the molecule is CCCCCNC(=O)C1N(CCCCO)C(=O)[C@@H]2[C@H](C(=O)NCCC)[C@@H]3CCC12S3. The van der Waals surface area contributed by atoms with Crippen molar-refractivity contribution < 1.29 is 19.5 Å². The van der Waals surface area contributed by atoms with Crippen LogP contribution in [0.5, 0.6) is 0 Å². The molecule has 0 radical (unpaired) electrons. The van der Waals surface area contributed by atoms with Gasteiger partial charge in [0, 0.05) is 31.5 Å². The molecule has 3 heterocycles. The lowest BCUT2D eigenvalue weighted by Gasteiger charge is -2.34. The van der Waals surface area contributed by atoms with Gasteiger partial charge in [-0.05, 0) is 38.5 Å². The lowest BCUT2D eigenvalue weighted by molar-refractivity contribution is -0.140. The zero-order chi connectivity index (χ0) is 21.7. The number of nitrogens with zero attached hydrogens (tertiary/aromatic N) is 1. The van der Waals surface area contributed by atoms with E-state index < -0.39 is 16.7 Å². The normalized spacial score (nSPS) is 31.8. The number of thioether (sulfide) groups is 1. The lowest BCUT2D eigenvalue weighted by atomic mass is 9.70. The fourth-order valence-electron chi connectivity index (χ4n) is 5.44. The summed E-state index contributed by atoms with van der Waals surface area (Å²) < 4.78 is -0.496. The van der Waals surface area contributed by atoms with Crippen LogP contribution in [0.4, 0.5) is 0 Å². The summed E-state index contributed by atoms with van der Waals surface area (Å²) in [5, 5.41) is 15.4. The molecule has 30 heavy (non-hydrogen) atoms. The van der Waals surface area contributed by atoms with Crippen LogP contribution in [-0.4, -0.2) is 70.0 Å². The first kappa shape index (κ1) is 23.4. The molecule has 3 amide bonds. The maximum atomic E-state index is 13.5. The number of unbranched alkanes of at least 4 members (excludes halogenated alkanes) is 3. The summed E-state index contributed by atoms with van der Waals surface area (Å²) in [6.45, 7) is 5.91. The minimum Gasteiger partial charge on any atom is -0.396 e. The Labute approximate surface area is 184 Å². The maximum Gasteiger partial charge on any atom is 0.244 e. The molecule has 0 aromatic rings. The Morgan fingerprint density at radius 1 is 1.10 bits per heavy atom. The zero-order valence-electron chi connectivity index (χ0n) is 18.3. The van der Waals surface area contributed by atoms with E-state index in [0.717, 1.165) is 38.5 Å². The van der Waals surface area contributed by atoms with Crippen LogP contribution < -0.4 is 10.6 Å². The third kappa shape index (κ3) is 4.22. The molecule has 0 aromatic heterocycles. The summed E-state index contributed by atoms with van der Waals surface area (Å²) in [5.41, 5.74) is 0. The second kappa shape index (κ2) is 10.4. The summed E-state index contributed by atoms with van der Waals surface area (Å²) in [5.74, 6) is -0.921. The Kier molecular flexibility index (Phi) is 8.07. The molecule has 3 rings (SSSR count). The maximum absolute atomic E-state index is 13.5. The fraction of sp³-hybridized carbons (Fsp3) is 0.864. The number of fused-ring (bicyclic) bond motifs is 1. The molecule has 7 nitrogen and oxygen atoms in total. The van der Waals surface area contributed by atoms with Crippen molar-refractivity contribution in [1.29, 1.82) is 0 Å². The van der Waals surface area contributed by atoms with Gasteiger partial charge in [0.2, 0.25) is 17.7 Å². The van der Waals surface area contributed by atoms with E-state index in [2.05, 4.69) is 17.6 Å². The molecule has 1 spiro atoms. The second-order valence-corrected chi connectivity index (χ2v) is 10.4. The van der Waals surface area contributed by atoms with E-state index >= 15 is 0 Å². The van der Waals surface area contributed by atoms with E-state index in [1.807, 2.05) is 6.92 Å². The number of hydrogen-bond acceptors (Lipinski definition) is 5. The van der Waals surface area contributed by atoms with Crippen LogP contribution in [0, 0.1) is 11.8 Å². The molecule has 2 bridgehead atoms. The second-order valence-electron chi connectivity index (χ2n) is 8.81. The minimum absolute atomic E-state index is 0.0337. The van der Waals surface area contributed by atoms with Gasteiger partial charge in [0.25, 0.3) is 0 Å². The molecular formula is C22H37N3O4S. The summed E-state index contributed by atoms with van der Waals surface area (Å²) in [4.78, 5) is 41.5. The summed E-state index contributed by atoms with van der Waals surface area (Å²) in [7, 11) is 0. The molecular weight excluding hydrogens is 402 g/mol. The van der Waals surface area contributed by atoms with Gasteiger partial charge in [-0.15, -0.1) is 11.8 Å². The largest absolute Gasteiger partial charge is 0.396 e. The number of likely N-dealkylation sites (tertiary alicyclic amines) is 1. The van der Waals surface area contributed by atoms with Crippen molar-refractivity contribution in [1.82, 2.24) is 15.5 Å². The van der Waals surface area contributed by atoms with Gasteiger partial charge in [-0.2, -0.15) is 0 Å². The van der Waals surface area contributed by atoms with Gasteiger partial charge < -0.3 is 20.6 Å². The van der Waals surface area contributed by atoms with Crippen LogP contribution in [0.15, 0.2) is 0 Å². The number of rotatable bonds is 12. The van der Waals surface area contributed by atoms with Gasteiger partial charge in [-0.25, -0.2) is 0 Å². The van der Waals surface area contributed by atoms with Gasteiger partial charge in [0.15, 0.2) is 0 Å². The van der Waals surface area contributed by atoms with E-state index in [1.54, 1.807) is 16.7 Å². The molecule has 8 heteroatoms. The minimum atomic E-state index is -0.519. The smallest absolute Gasteiger partial charge is 0.244 e. The summed E-state index contributed by atoms with van der Waals surface area (Å²) >= 11 is 1.71. The van der Waals surface area contributed by atoms with Crippen molar-refractivity contribution in [3.63, 3.8) is 0 Å². The molecule has 3 fully saturated rings. The average molecular weight is 440 g/mol. The number of carbonyl (C=O) groups is 3. The van der Waals surface area contributed by atoms with Crippen LogP contribution in [0.2, 0.25) is 0 Å². The first-order valence-electron chi connectivity index (χ1n) is 11.7. The topological polar surface area (TPSA) is 98.7 Å². The highest BCUT2D eigenvalue weighted by atomic mass is 32.2. The lowest BCUT2D eigenvalue weighted by Crippen LogP contribution is -2.54. The van der Waals surface area contributed by atoms with Crippen molar-refractivity contribution in [2.24, 2.45) is 11.8 Å². The average Bonchev–Trinajstić information content (AvgIpc) is 3.37. The van der Waals surface area contributed by atoms with Crippen LogP contribution >= 0.6 is 11.8 Å². The van der Waals surface area contributed by atoms with E-state index in [1.165, 1.54) is 0 Å². The van der Waals surface area contributed by atoms with Crippen LogP contribution in [0.25, 0.3) is 0 Å². The quantitative estimate of drug-likeness (QED) is 0.402. The monoisotopic (exact) mass is 439 g/mol. The standard InChI is InChI=1S/C22H37N3O4S/c1-3-5-6-12-24-20(28)18-22-10-9-15(30-22)16(19(27)23-11-4-2)17(22)21(29)25(18)13-7-8-14-26/h15-18,26H,3-14H2,1-2H3,(H,23,27)(H,24,28)/t15-,16+,17-,18?,22?/m0/s1. The van der Waals surface area contributed by atoms with E-state index in [-0.39, 0.29) is 35.5 Å². The summed E-state index contributed by atoms with van der Waals surface area (Å²) in [6, 6.07) is -0.519. The number of hydrogen-bond donors (Lipinski definition) is 3. The molecule has 0 saturated carbocycles. The molecule has 2 unspecified atom stereocenters. The van der Waals surface area contributed by atoms with Crippen LogP contribution in [0.1, 0.15) is 65.2 Å². The Bertz CT molecular complexity index is 646. The van der Waals surface area contributed by atoms with Crippen LogP contribution in [-0.2, 0) is 14.4 Å². The van der Waals surface area contributed by atoms with Gasteiger partial charge in [0.1, 0.15) is 6.04 Å². The first-order chi connectivity index (χ1) is 14.5.